The number of amides is 1. The smallest absolute Gasteiger partial charge is 0.251 e. The molecule has 1 aromatic heterocycles. The second-order valence-electron chi connectivity index (χ2n) is 6.11. The predicted octanol–water partition coefficient (Wildman–Crippen LogP) is 2.55. The number of nitrogens with one attached hydrogen (secondary N) is 2. The van der Waals surface area contributed by atoms with E-state index in [2.05, 4.69) is 20.5 Å². The van der Waals surface area contributed by atoms with Crippen LogP contribution in [-0.4, -0.2) is 62.3 Å². The molecule has 0 atom stereocenters. The number of morpholine rings is 1. The first-order valence-corrected chi connectivity index (χ1v) is 9.18. The lowest BCUT2D eigenvalue weighted by molar-refractivity contribution is 0.0383. The lowest BCUT2D eigenvalue weighted by Gasteiger charge is -2.26. The number of carbonyl (C=O) groups is 1. The second kappa shape index (κ2) is 9.55. The quantitative estimate of drug-likeness (QED) is 0.756. The van der Waals surface area contributed by atoms with Gasteiger partial charge in [-0.25, -0.2) is 4.98 Å². The van der Waals surface area contributed by atoms with Crippen LogP contribution in [0, 0.1) is 0 Å². The summed E-state index contributed by atoms with van der Waals surface area (Å²) in [5.74, 6) is 1.04. The minimum Gasteiger partial charge on any atom is -0.495 e. The summed E-state index contributed by atoms with van der Waals surface area (Å²) in [5, 5.41) is 6.59. The minimum atomic E-state index is -0.124. The number of rotatable bonds is 7. The second-order valence-corrected chi connectivity index (χ2v) is 6.52. The molecule has 0 unspecified atom stereocenters. The van der Waals surface area contributed by atoms with E-state index in [0.29, 0.717) is 28.7 Å². The van der Waals surface area contributed by atoms with Crippen molar-refractivity contribution < 1.29 is 14.3 Å². The van der Waals surface area contributed by atoms with Gasteiger partial charge in [0.1, 0.15) is 11.6 Å². The van der Waals surface area contributed by atoms with Crippen LogP contribution in [0.5, 0.6) is 5.75 Å². The van der Waals surface area contributed by atoms with Crippen molar-refractivity contribution in [3.63, 3.8) is 0 Å². The molecule has 0 spiro atoms. The lowest BCUT2D eigenvalue weighted by Crippen LogP contribution is -2.41. The van der Waals surface area contributed by atoms with E-state index >= 15 is 0 Å². The molecule has 27 heavy (non-hydrogen) atoms. The zero-order chi connectivity index (χ0) is 19.1. The number of nitrogens with zero attached hydrogens (tertiary/aromatic N) is 2. The van der Waals surface area contributed by atoms with E-state index in [-0.39, 0.29) is 5.91 Å². The summed E-state index contributed by atoms with van der Waals surface area (Å²) in [7, 11) is 1.57. The van der Waals surface area contributed by atoms with Crippen LogP contribution in [0.25, 0.3) is 0 Å². The molecular weight excluding hydrogens is 368 g/mol. The fourth-order valence-corrected chi connectivity index (χ4v) is 3.04. The van der Waals surface area contributed by atoms with Crippen LogP contribution >= 0.6 is 11.6 Å². The third-order valence-corrected chi connectivity index (χ3v) is 4.56. The Bertz CT molecular complexity index is 781. The van der Waals surface area contributed by atoms with Gasteiger partial charge in [-0.2, -0.15) is 0 Å². The molecule has 8 heteroatoms. The van der Waals surface area contributed by atoms with Crippen molar-refractivity contribution >= 4 is 29.0 Å². The molecule has 1 aliphatic heterocycles. The highest BCUT2D eigenvalue weighted by Crippen LogP contribution is 2.28. The van der Waals surface area contributed by atoms with Crippen LogP contribution in [0.3, 0.4) is 0 Å². The molecule has 7 nitrogen and oxygen atoms in total. The number of pyridine rings is 1. The summed E-state index contributed by atoms with van der Waals surface area (Å²) in [4.78, 5) is 18.9. The number of aromatic nitrogens is 1. The standard InChI is InChI=1S/C19H23ClN4O3/c1-26-17-3-2-15(13-16(17)20)23-18-12-14(4-5-21-18)19(25)22-6-7-24-8-10-27-11-9-24/h2-5,12-13H,6-11H2,1H3,(H,21,23)(H,22,25). The average Bonchev–Trinajstić information content (AvgIpc) is 2.69. The Balaban J connectivity index is 1.56. The van der Waals surface area contributed by atoms with Crippen molar-refractivity contribution in [2.75, 3.05) is 51.8 Å². The molecule has 0 radical (unpaired) electrons. The lowest BCUT2D eigenvalue weighted by atomic mass is 10.2. The molecule has 0 saturated carbocycles. The summed E-state index contributed by atoms with van der Waals surface area (Å²) in [5.41, 5.74) is 1.31. The summed E-state index contributed by atoms with van der Waals surface area (Å²) in [6.45, 7) is 4.73. The molecular formula is C19H23ClN4O3. The Kier molecular flexibility index (Phi) is 6.86. The number of anilines is 2. The third kappa shape index (κ3) is 5.56. The molecule has 2 heterocycles. The van der Waals surface area contributed by atoms with Gasteiger partial charge in [0.15, 0.2) is 0 Å². The van der Waals surface area contributed by atoms with E-state index in [9.17, 15) is 4.79 Å². The van der Waals surface area contributed by atoms with Gasteiger partial charge in [0.2, 0.25) is 0 Å². The third-order valence-electron chi connectivity index (χ3n) is 4.26. The van der Waals surface area contributed by atoms with Crippen molar-refractivity contribution in [1.29, 1.82) is 0 Å². The van der Waals surface area contributed by atoms with E-state index in [4.69, 9.17) is 21.1 Å². The van der Waals surface area contributed by atoms with Crippen LogP contribution in [0.1, 0.15) is 10.4 Å². The predicted molar refractivity (Wildman–Crippen MR) is 105 cm³/mol. The number of benzene rings is 1. The molecule has 144 valence electrons. The normalized spacial score (nSPS) is 14.6. The Hall–Kier alpha value is -2.35. The van der Waals surface area contributed by atoms with Crippen molar-refractivity contribution in [2.24, 2.45) is 0 Å². The Morgan fingerprint density at radius 1 is 1.30 bits per heavy atom. The molecule has 1 amide bonds. The summed E-state index contributed by atoms with van der Waals surface area (Å²) in [6, 6.07) is 8.75. The van der Waals surface area contributed by atoms with Crippen molar-refractivity contribution in [3.05, 3.63) is 47.1 Å². The summed E-state index contributed by atoms with van der Waals surface area (Å²) in [6.07, 6.45) is 1.60. The highest BCUT2D eigenvalue weighted by atomic mass is 35.5. The van der Waals surface area contributed by atoms with Crippen molar-refractivity contribution in [3.8, 4) is 5.75 Å². The van der Waals surface area contributed by atoms with Gasteiger partial charge in [-0.3, -0.25) is 9.69 Å². The van der Waals surface area contributed by atoms with Crippen LogP contribution < -0.4 is 15.4 Å². The van der Waals surface area contributed by atoms with Gasteiger partial charge in [0, 0.05) is 43.6 Å². The van der Waals surface area contributed by atoms with Crippen molar-refractivity contribution in [2.45, 2.75) is 0 Å². The average molecular weight is 391 g/mol. The Morgan fingerprint density at radius 2 is 2.11 bits per heavy atom. The molecule has 2 aromatic rings. The maximum absolute atomic E-state index is 12.4. The molecule has 1 saturated heterocycles. The number of methoxy groups -OCH3 is 1. The topological polar surface area (TPSA) is 75.7 Å². The van der Waals surface area contributed by atoms with Gasteiger partial charge < -0.3 is 20.1 Å². The van der Waals surface area contributed by atoms with Gasteiger partial charge in [-0.05, 0) is 30.3 Å². The van der Waals surface area contributed by atoms with E-state index < -0.39 is 0 Å². The van der Waals surface area contributed by atoms with Gasteiger partial charge >= 0.3 is 0 Å². The monoisotopic (exact) mass is 390 g/mol. The maximum atomic E-state index is 12.4. The maximum Gasteiger partial charge on any atom is 0.251 e. The first-order valence-electron chi connectivity index (χ1n) is 8.80. The SMILES string of the molecule is COc1ccc(Nc2cc(C(=O)NCCN3CCOCC3)ccn2)cc1Cl. The molecule has 1 aliphatic rings. The molecule has 3 rings (SSSR count). The Labute approximate surface area is 163 Å². The fraction of sp³-hybridized carbons (Fsp3) is 0.368. The first-order chi connectivity index (χ1) is 13.2. The van der Waals surface area contributed by atoms with Crippen LogP contribution in [0.4, 0.5) is 11.5 Å². The zero-order valence-corrected chi connectivity index (χ0v) is 16.0. The Morgan fingerprint density at radius 3 is 2.85 bits per heavy atom. The zero-order valence-electron chi connectivity index (χ0n) is 15.2. The number of ether oxygens (including phenoxy) is 2. The summed E-state index contributed by atoms with van der Waals surface area (Å²) >= 11 is 6.14. The number of carbonyl (C=O) groups excluding carboxylic acids is 1. The van der Waals surface area contributed by atoms with Crippen LogP contribution in [0.2, 0.25) is 5.02 Å². The van der Waals surface area contributed by atoms with Gasteiger partial charge in [0.25, 0.3) is 5.91 Å². The van der Waals surface area contributed by atoms with Gasteiger partial charge in [-0.1, -0.05) is 11.6 Å². The van der Waals surface area contributed by atoms with E-state index in [1.807, 2.05) is 6.07 Å². The van der Waals surface area contributed by atoms with Gasteiger partial charge in [0.05, 0.1) is 25.3 Å². The number of hydrogen-bond acceptors (Lipinski definition) is 6. The van der Waals surface area contributed by atoms with E-state index in [0.717, 1.165) is 38.5 Å². The van der Waals surface area contributed by atoms with Gasteiger partial charge in [-0.15, -0.1) is 0 Å². The fourth-order valence-electron chi connectivity index (χ4n) is 2.79. The van der Waals surface area contributed by atoms with E-state index in [1.54, 1.807) is 37.6 Å². The first kappa shape index (κ1) is 19.4. The largest absolute Gasteiger partial charge is 0.495 e. The minimum absolute atomic E-state index is 0.124. The molecule has 0 aliphatic carbocycles. The van der Waals surface area contributed by atoms with Crippen LogP contribution in [-0.2, 0) is 4.74 Å². The van der Waals surface area contributed by atoms with E-state index in [1.165, 1.54) is 0 Å². The molecule has 1 fully saturated rings. The molecule has 2 N–H and O–H groups in total. The molecule has 0 bridgehead atoms. The highest BCUT2D eigenvalue weighted by Gasteiger charge is 2.11. The van der Waals surface area contributed by atoms with Crippen molar-refractivity contribution in [1.82, 2.24) is 15.2 Å². The number of hydrogen-bond donors (Lipinski definition) is 2. The van der Waals surface area contributed by atoms with Crippen LogP contribution in [0.15, 0.2) is 36.5 Å². The molecule has 1 aromatic carbocycles. The highest BCUT2D eigenvalue weighted by molar-refractivity contribution is 6.32. The summed E-state index contributed by atoms with van der Waals surface area (Å²) < 4.78 is 10.5. The number of halogens is 1.